The van der Waals surface area contributed by atoms with Crippen molar-refractivity contribution in [1.29, 1.82) is 0 Å². The van der Waals surface area contributed by atoms with E-state index in [9.17, 15) is 19.3 Å². The van der Waals surface area contributed by atoms with Crippen LogP contribution in [0.15, 0.2) is 38.5 Å². The normalized spacial score (nSPS) is 27.7. The van der Waals surface area contributed by atoms with Gasteiger partial charge in [0.1, 0.15) is 18.1 Å². The molecule has 6 unspecified atom stereocenters. The number of nitrogens with one attached hydrogen (secondary N) is 1. The Morgan fingerprint density at radius 3 is 2.71 bits per heavy atom. The zero-order valence-corrected chi connectivity index (χ0v) is 19.4. The summed E-state index contributed by atoms with van der Waals surface area (Å²) in [6.45, 7) is 8.10. The topological polar surface area (TPSA) is 141 Å². The maximum absolute atomic E-state index is 13.2. The number of aliphatic hydroxyl groups is 1. The summed E-state index contributed by atoms with van der Waals surface area (Å²) in [5.74, 6) is -0.155. The maximum atomic E-state index is 13.2. The first-order valence-corrected chi connectivity index (χ1v) is 11.3. The number of nitrogens with zero attached hydrogens (tertiary/aromatic N) is 2. The van der Waals surface area contributed by atoms with E-state index < -0.39 is 49.5 Å². The number of aliphatic hydroxyl groups excluding tert-OH is 1. The molecular formula is C19H30N3O8P. The molecular weight excluding hydrogens is 429 g/mol. The summed E-state index contributed by atoms with van der Waals surface area (Å²) in [7, 11) is -2.49. The minimum Gasteiger partial charge on any atom is -0.413 e. The molecule has 1 aliphatic heterocycles. The van der Waals surface area contributed by atoms with Crippen molar-refractivity contribution in [2.24, 2.45) is 10.7 Å². The Hall–Kier alpha value is -2.04. The van der Waals surface area contributed by atoms with E-state index >= 15 is 0 Å². The van der Waals surface area contributed by atoms with E-state index in [4.69, 9.17) is 18.5 Å². The van der Waals surface area contributed by atoms with Gasteiger partial charge in [0.05, 0.1) is 24.5 Å². The quantitative estimate of drug-likeness (QED) is 0.324. The van der Waals surface area contributed by atoms with Gasteiger partial charge in [-0.1, -0.05) is 6.92 Å². The van der Waals surface area contributed by atoms with Gasteiger partial charge in [-0.25, -0.2) is 9.36 Å². The Kier molecular flexibility index (Phi) is 8.56. The summed E-state index contributed by atoms with van der Waals surface area (Å²) in [4.78, 5) is 25.5. The summed E-state index contributed by atoms with van der Waals surface area (Å²) in [5.41, 5.74) is -0.790. The standard InChI is InChI=1S/C19H30N3O8P/c1-7-11(2)30-31(26,21-13(4)14(5)27-6)28-10-15-17(24)12(3)18(29-15)22-9-8-16(23)20-19(22)25/h7-9,12,14-15,17-18,24H,10H2,1-6H3,(H,20,23,25). The number of aromatic nitrogens is 2. The van der Waals surface area contributed by atoms with Crippen LogP contribution < -0.4 is 11.2 Å². The van der Waals surface area contributed by atoms with Gasteiger partial charge in [0.15, 0.2) is 0 Å². The smallest absolute Gasteiger partial charge is 0.413 e. The fourth-order valence-corrected chi connectivity index (χ4v) is 4.40. The van der Waals surface area contributed by atoms with Gasteiger partial charge in [0, 0.05) is 25.3 Å². The van der Waals surface area contributed by atoms with Gasteiger partial charge in [0.2, 0.25) is 0 Å². The largest absolute Gasteiger partial charge is 0.507 e. The molecule has 1 aliphatic rings. The molecule has 0 amide bonds. The van der Waals surface area contributed by atoms with E-state index in [1.54, 1.807) is 40.7 Å². The second-order valence-corrected chi connectivity index (χ2v) is 8.88. The Labute approximate surface area is 180 Å². The Balaban J connectivity index is 2.21. The van der Waals surface area contributed by atoms with Crippen molar-refractivity contribution >= 4 is 13.5 Å². The summed E-state index contributed by atoms with van der Waals surface area (Å²) in [5, 5.41) is 10.6. The molecule has 174 valence electrons. The van der Waals surface area contributed by atoms with Gasteiger partial charge in [-0.15, -0.1) is 0 Å². The van der Waals surface area contributed by atoms with E-state index in [1.807, 2.05) is 0 Å². The number of methoxy groups -OCH3 is 1. The predicted octanol–water partition coefficient (Wildman–Crippen LogP) is 1.99. The molecule has 1 saturated heterocycles. The van der Waals surface area contributed by atoms with Crippen molar-refractivity contribution in [2.45, 2.75) is 59.2 Å². The molecule has 0 aliphatic carbocycles. The van der Waals surface area contributed by atoms with Crippen LogP contribution in [0.2, 0.25) is 0 Å². The lowest BCUT2D eigenvalue weighted by Crippen LogP contribution is -2.33. The fourth-order valence-electron chi connectivity index (χ4n) is 2.90. The number of rotatable bonds is 9. The Bertz CT molecular complexity index is 985. The van der Waals surface area contributed by atoms with Gasteiger partial charge >= 0.3 is 13.4 Å². The van der Waals surface area contributed by atoms with E-state index in [2.05, 4.69) is 9.75 Å². The van der Waals surface area contributed by atoms with Crippen molar-refractivity contribution in [3.05, 3.63) is 44.9 Å². The van der Waals surface area contributed by atoms with Crippen LogP contribution in [0.5, 0.6) is 0 Å². The van der Waals surface area contributed by atoms with Crippen LogP contribution in [0.4, 0.5) is 0 Å². The first-order chi connectivity index (χ1) is 14.5. The third-order valence-electron chi connectivity index (χ3n) is 5.10. The third kappa shape index (κ3) is 6.24. The number of H-pyrrole nitrogens is 1. The van der Waals surface area contributed by atoms with Crippen LogP contribution in [0.25, 0.3) is 0 Å². The molecule has 2 heterocycles. The second kappa shape index (κ2) is 10.5. The minimum absolute atomic E-state index is 0.299. The summed E-state index contributed by atoms with van der Waals surface area (Å²) < 4.78 is 40.5. The maximum Gasteiger partial charge on any atom is 0.507 e. The first-order valence-electron chi connectivity index (χ1n) is 9.83. The number of aromatic amines is 1. The van der Waals surface area contributed by atoms with Crippen molar-refractivity contribution < 1.29 is 28.2 Å². The van der Waals surface area contributed by atoms with E-state index in [0.717, 1.165) is 0 Å². The fraction of sp³-hybridized carbons (Fsp3) is 0.632. The SMILES string of the molecule is CC=C(C)OP(=O)(N=C(C)C(C)OC)OCC1OC(n2ccc(=O)[nH]c2=O)C(C)C1O. The molecule has 0 radical (unpaired) electrons. The second-order valence-electron chi connectivity index (χ2n) is 7.31. The highest BCUT2D eigenvalue weighted by atomic mass is 31.2. The van der Waals surface area contributed by atoms with Crippen molar-refractivity contribution in [3.8, 4) is 0 Å². The van der Waals surface area contributed by atoms with Crippen molar-refractivity contribution in [1.82, 2.24) is 9.55 Å². The third-order valence-corrected chi connectivity index (χ3v) is 6.65. The highest BCUT2D eigenvalue weighted by Crippen LogP contribution is 2.53. The van der Waals surface area contributed by atoms with Gasteiger partial charge in [0.25, 0.3) is 5.56 Å². The first kappa shape index (κ1) is 25.2. The van der Waals surface area contributed by atoms with E-state index in [0.29, 0.717) is 11.5 Å². The highest BCUT2D eigenvalue weighted by Gasteiger charge is 2.43. The molecule has 1 fully saturated rings. The summed E-state index contributed by atoms with van der Waals surface area (Å²) in [6, 6.07) is 1.18. The Morgan fingerprint density at radius 1 is 1.45 bits per heavy atom. The van der Waals surface area contributed by atoms with E-state index in [1.165, 1.54) is 23.9 Å². The van der Waals surface area contributed by atoms with Gasteiger partial charge in [-0.2, -0.15) is 4.76 Å². The number of allylic oxidation sites excluding steroid dienone is 2. The Morgan fingerprint density at radius 2 is 2.13 bits per heavy atom. The molecule has 12 heteroatoms. The average Bonchev–Trinajstić information content (AvgIpc) is 2.99. The zero-order valence-electron chi connectivity index (χ0n) is 18.5. The molecule has 6 atom stereocenters. The van der Waals surface area contributed by atoms with Crippen LogP contribution in [-0.4, -0.2) is 52.4 Å². The number of hydrogen-bond acceptors (Lipinski definition) is 8. The van der Waals surface area contributed by atoms with E-state index in [-0.39, 0.29) is 6.61 Å². The van der Waals surface area contributed by atoms with Crippen LogP contribution in [-0.2, 0) is 23.1 Å². The minimum atomic E-state index is -3.99. The van der Waals surface area contributed by atoms with Crippen LogP contribution >= 0.6 is 7.75 Å². The molecule has 0 spiro atoms. The summed E-state index contributed by atoms with van der Waals surface area (Å²) >= 11 is 0. The molecule has 1 aromatic heterocycles. The van der Waals surface area contributed by atoms with Crippen molar-refractivity contribution in [2.75, 3.05) is 13.7 Å². The lowest BCUT2D eigenvalue weighted by Gasteiger charge is -2.21. The average molecular weight is 459 g/mol. The molecule has 31 heavy (non-hydrogen) atoms. The lowest BCUT2D eigenvalue weighted by atomic mass is 10.0. The number of ether oxygens (including phenoxy) is 2. The molecule has 0 saturated carbocycles. The highest BCUT2D eigenvalue weighted by molar-refractivity contribution is 7.52. The molecule has 1 aromatic rings. The van der Waals surface area contributed by atoms with Crippen LogP contribution in [0.3, 0.4) is 0 Å². The molecule has 2 rings (SSSR count). The molecule has 2 N–H and O–H groups in total. The van der Waals surface area contributed by atoms with Crippen LogP contribution in [0.1, 0.15) is 40.8 Å². The van der Waals surface area contributed by atoms with Gasteiger partial charge in [-0.05, 0) is 33.8 Å². The molecule has 0 bridgehead atoms. The van der Waals surface area contributed by atoms with Gasteiger partial charge in [-0.3, -0.25) is 18.9 Å². The van der Waals surface area contributed by atoms with Crippen molar-refractivity contribution in [3.63, 3.8) is 0 Å². The molecule has 11 nitrogen and oxygen atoms in total. The van der Waals surface area contributed by atoms with Gasteiger partial charge < -0.3 is 19.1 Å². The number of hydrogen-bond donors (Lipinski definition) is 2. The predicted molar refractivity (Wildman–Crippen MR) is 114 cm³/mol. The lowest BCUT2D eigenvalue weighted by molar-refractivity contribution is -0.0446. The zero-order chi connectivity index (χ0) is 23.3. The molecule has 0 aromatic carbocycles. The summed E-state index contributed by atoms with van der Waals surface area (Å²) in [6.07, 6.45) is -0.273. The monoisotopic (exact) mass is 459 g/mol. The van der Waals surface area contributed by atoms with Crippen LogP contribution in [0, 0.1) is 5.92 Å².